The Morgan fingerprint density at radius 3 is 2.78 bits per heavy atom. The number of likely N-dealkylation sites (tertiary alicyclic amines) is 1. The van der Waals surface area contributed by atoms with Gasteiger partial charge in [0.1, 0.15) is 12.4 Å². The minimum atomic E-state index is -0.336. The van der Waals surface area contributed by atoms with E-state index < -0.39 is 0 Å². The van der Waals surface area contributed by atoms with Crippen LogP contribution in [0.1, 0.15) is 31.6 Å². The minimum absolute atomic E-state index is 0.227. The van der Waals surface area contributed by atoms with E-state index in [1.807, 2.05) is 0 Å². The second-order valence-electron chi connectivity index (χ2n) is 5.60. The number of aromatic nitrogens is 2. The van der Waals surface area contributed by atoms with E-state index >= 15 is 0 Å². The SMILES string of the molecule is NC(=NCc1nc(-c2cccc(F)c2)no1)N1CCCCCC1. The van der Waals surface area contributed by atoms with E-state index in [1.54, 1.807) is 12.1 Å². The summed E-state index contributed by atoms with van der Waals surface area (Å²) in [6.45, 7) is 2.10. The zero-order valence-electron chi connectivity index (χ0n) is 12.9. The largest absolute Gasteiger partial charge is 0.370 e. The third kappa shape index (κ3) is 4.06. The van der Waals surface area contributed by atoms with Crippen LogP contribution in [-0.2, 0) is 6.54 Å². The maximum Gasteiger partial charge on any atom is 0.248 e. The number of hydrogen-bond acceptors (Lipinski definition) is 4. The van der Waals surface area contributed by atoms with Gasteiger partial charge in [-0.15, -0.1) is 0 Å². The average molecular weight is 317 g/mol. The molecule has 0 radical (unpaired) electrons. The van der Waals surface area contributed by atoms with Gasteiger partial charge in [-0.1, -0.05) is 30.1 Å². The first kappa shape index (κ1) is 15.5. The van der Waals surface area contributed by atoms with Crippen molar-refractivity contribution in [1.29, 1.82) is 0 Å². The summed E-state index contributed by atoms with van der Waals surface area (Å²) in [6.07, 6.45) is 4.76. The lowest BCUT2D eigenvalue weighted by Crippen LogP contribution is -2.38. The van der Waals surface area contributed by atoms with Crippen LogP contribution < -0.4 is 5.73 Å². The molecule has 0 amide bonds. The van der Waals surface area contributed by atoms with E-state index in [1.165, 1.54) is 25.0 Å². The van der Waals surface area contributed by atoms with E-state index in [4.69, 9.17) is 10.3 Å². The quantitative estimate of drug-likeness (QED) is 0.695. The van der Waals surface area contributed by atoms with Crippen molar-refractivity contribution in [1.82, 2.24) is 15.0 Å². The number of nitrogens with zero attached hydrogens (tertiary/aromatic N) is 4. The second kappa shape index (κ2) is 7.21. The zero-order valence-corrected chi connectivity index (χ0v) is 12.9. The van der Waals surface area contributed by atoms with E-state index in [-0.39, 0.29) is 12.4 Å². The Morgan fingerprint density at radius 2 is 2.04 bits per heavy atom. The van der Waals surface area contributed by atoms with Crippen LogP contribution in [0.25, 0.3) is 11.4 Å². The lowest BCUT2D eigenvalue weighted by Gasteiger charge is -2.20. The predicted molar refractivity (Wildman–Crippen MR) is 85.1 cm³/mol. The number of halogens is 1. The number of guanidine groups is 1. The van der Waals surface area contributed by atoms with Gasteiger partial charge in [0.05, 0.1) is 0 Å². The molecule has 1 aromatic carbocycles. The molecule has 2 aromatic rings. The summed E-state index contributed by atoms with van der Waals surface area (Å²) in [4.78, 5) is 10.7. The summed E-state index contributed by atoms with van der Waals surface area (Å²) >= 11 is 0. The van der Waals surface area contributed by atoms with Crippen LogP contribution in [0.2, 0.25) is 0 Å². The highest BCUT2D eigenvalue weighted by atomic mass is 19.1. The van der Waals surface area contributed by atoms with Crippen molar-refractivity contribution >= 4 is 5.96 Å². The van der Waals surface area contributed by atoms with Gasteiger partial charge in [-0.2, -0.15) is 4.98 Å². The van der Waals surface area contributed by atoms with Crippen molar-refractivity contribution < 1.29 is 8.91 Å². The first-order valence-electron chi connectivity index (χ1n) is 7.86. The third-order valence-electron chi connectivity index (χ3n) is 3.86. The number of hydrogen-bond donors (Lipinski definition) is 1. The van der Waals surface area contributed by atoms with Crippen LogP contribution >= 0.6 is 0 Å². The Labute approximate surface area is 134 Å². The van der Waals surface area contributed by atoms with Crippen LogP contribution in [0.4, 0.5) is 4.39 Å². The molecule has 1 fully saturated rings. The van der Waals surface area contributed by atoms with E-state index in [0.717, 1.165) is 25.9 Å². The van der Waals surface area contributed by atoms with Gasteiger partial charge < -0.3 is 15.2 Å². The fourth-order valence-electron chi connectivity index (χ4n) is 2.61. The summed E-state index contributed by atoms with van der Waals surface area (Å²) in [7, 11) is 0. The van der Waals surface area contributed by atoms with Crippen LogP contribution in [-0.4, -0.2) is 34.1 Å². The molecule has 7 heteroatoms. The maximum absolute atomic E-state index is 13.2. The van der Waals surface area contributed by atoms with E-state index in [2.05, 4.69) is 20.0 Å². The number of rotatable bonds is 3. The number of benzene rings is 1. The van der Waals surface area contributed by atoms with Crippen molar-refractivity contribution in [2.24, 2.45) is 10.7 Å². The fraction of sp³-hybridized carbons (Fsp3) is 0.438. The Bertz CT molecular complexity index is 677. The standard InChI is InChI=1S/C16H20FN5O/c17-13-7-5-6-12(10-13)15-20-14(23-21-15)11-19-16(18)22-8-3-1-2-4-9-22/h5-7,10H,1-4,8-9,11H2,(H2,18,19). The molecule has 0 unspecified atom stereocenters. The van der Waals surface area contributed by atoms with Crippen LogP contribution in [0, 0.1) is 5.82 Å². The smallest absolute Gasteiger partial charge is 0.248 e. The lowest BCUT2D eigenvalue weighted by atomic mass is 10.2. The summed E-state index contributed by atoms with van der Waals surface area (Å²) < 4.78 is 18.4. The molecule has 0 bridgehead atoms. The van der Waals surface area contributed by atoms with Gasteiger partial charge in [-0.05, 0) is 25.0 Å². The molecule has 122 valence electrons. The van der Waals surface area contributed by atoms with Crippen molar-refractivity contribution in [2.45, 2.75) is 32.2 Å². The normalized spacial score (nSPS) is 16.4. The number of aliphatic imine (C=N–C) groups is 1. The van der Waals surface area contributed by atoms with E-state index in [9.17, 15) is 4.39 Å². The molecule has 2 N–H and O–H groups in total. The fourth-order valence-corrected chi connectivity index (χ4v) is 2.61. The number of nitrogens with two attached hydrogens (primary N) is 1. The van der Waals surface area contributed by atoms with Gasteiger partial charge in [0, 0.05) is 18.7 Å². The first-order chi connectivity index (χ1) is 11.2. The molecule has 6 nitrogen and oxygen atoms in total. The minimum Gasteiger partial charge on any atom is -0.370 e. The summed E-state index contributed by atoms with van der Waals surface area (Å²) in [5.41, 5.74) is 6.61. The molecular formula is C16H20FN5O. The third-order valence-corrected chi connectivity index (χ3v) is 3.86. The summed E-state index contributed by atoms with van der Waals surface area (Å²) in [6, 6.07) is 6.07. The van der Waals surface area contributed by atoms with Gasteiger partial charge in [-0.3, -0.25) is 0 Å². The molecule has 1 aliphatic heterocycles. The Morgan fingerprint density at radius 1 is 1.26 bits per heavy atom. The molecule has 1 aromatic heterocycles. The summed E-state index contributed by atoms with van der Waals surface area (Å²) in [5.74, 6) is 0.889. The zero-order chi connectivity index (χ0) is 16.1. The maximum atomic E-state index is 13.2. The highest BCUT2D eigenvalue weighted by Crippen LogP contribution is 2.17. The molecule has 3 rings (SSSR count). The average Bonchev–Trinajstić information content (AvgIpc) is 2.86. The van der Waals surface area contributed by atoms with Crippen LogP contribution in [0.5, 0.6) is 0 Å². The highest BCUT2D eigenvalue weighted by Gasteiger charge is 2.12. The molecule has 0 atom stereocenters. The van der Waals surface area contributed by atoms with Crippen molar-refractivity contribution in [3.63, 3.8) is 0 Å². The Balaban J connectivity index is 1.65. The van der Waals surface area contributed by atoms with E-state index in [0.29, 0.717) is 23.2 Å². The van der Waals surface area contributed by atoms with Gasteiger partial charge in [0.25, 0.3) is 0 Å². The van der Waals surface area contributed by atoms with Crippen molar-refractivity contribution in [2.75, 3.05) is 13.1 Å². The lowest BCUT2D eigenvalue weighted by molar-refractivity contribution is 0.378. The first-order valence-corrected chi connectivity index (χ1v) is 7.86. The van der Waals surface area contributed by atoms with Gasteiger partial charge in [0.2, 0.25) is 11.7 Å². The van der Waals surface area contributed by atoms with Crippen LogP contribution in [0.15, 0.2) is 33.8 Å². The molecule has 0 aliphatic carbocycles. The topological polar surface area (TPSA) is 80.5 Å². The molecular weight excluding hydrogens is 297 g/mol. The molecule has 1 saturated heterocycles. The predicted octanol–water partition coefficient (Wildman–Crippen LogP) is 2.57. The molecule has 2 heterocycles. The van der Waals surface area contributed by atoms with Gasteiger partial charge >= 0.3 is 0 Å². The highest BCUT2D eigenvalue weighted by molar-refractivity contribution is 5.78. The monoisotopic (exact) mass is 317 g/mol. The second-order valence-corrected chi connectivity index (χ2v) is 5.60. The Kier molecular flexibility index (Phi) is 4.85. The summed E-state index contributed by atoms with van der Waals surface area (Å²) in [5, 5.41) is 3.86. The molecule has 23 heavy (non-hydrogen) atoms. The van der Waals surface area contributed by atoms with Crippen molar-refractivity contribution in [3.8, 4) is 11.4 Å². The Hall–Kier alpha value is -2.44. The van der Waals surface area contributed by atoms with Crippen molar-refractivity contribution in [3.05, 3.63) is 36.0 Å². The molecule has 0 spiro atoms. The molecule has 0 saturated carbocycles. The molecule has 1 aliphatic rings. The van der Waals surface area contributed by atoms with Gasteiger partial charge in [-0.25, -0.2) is 9.38 Å². The van der Waals surface area contributed by atoms with Gasteiger partial charge in [0.15, 0.2) is 5.96 Å². The van der Waals surface area contributed by atoms with Crippen LogP contribution in [0.3, 0.4) is 0 Å².